The predicted octanol–water partition coefficient (Wildman–Crippen LogP) is 3.08. The van der Waals surface area contributed by atoms with E-state index in [0.29, 0.717) is 16.5 Å². The molecule has 1 aromatic carbocycles. The van der Waals surface area contributed by atoms with Gasteiger partial charge < -0.3 is 10.4 Å². The average Bonchev–Trinajstić information content (AvgIpc) is 2.32. The molecule has 0 aliphatic heterocycles. The maximum Gasteiger partial charge on any atom is 0.324 e. The monoisotopic (exact) mass is 263 g/mol. The molecule has 2 rings (SSSR count). The number of urea groups is 1. The van der Waals surface area contributed by atoms with Crippen LogP contribution in [0.25, 0.3) is 0 Å². The fourth-order valence-corrected chi connectivity index (χ4v) is 1.48. The molecule has 0 saturated carbocycles. The lowest BCUT2D eigenvalue weighted by Crippen LogP contribution is -2.20. The summed E-state index contributed by atoms with van der Waals surface area (Å²) >= 11 is 5.76. The van der Waals surface area contributed by atoms with Crippen LogP contribution in [0, 0.1) is 0 Å². The van der Waals surface area contributed by atoms with Crippen molar-refractivity contribution < 1.29 is 9.90 Å². The quantitative estimate of drug-likeness (QED) is 0.729. The molecule has 0 spiro atoms. The summed E-state index contributed by atoms with van der Waals surface area (Å²) < 4.78 is 0. The van der Waals surface area contributed by atoms with Crippen LogP contribution in [0.1, 0.15) is 0 Å². The van der Waals surface area contributed by atoms with Crippen molar-refractivity contribution in [2.45, 2.75) is 0 Å². The standard InChI is InChI=1S/C12H10ClN3O2/c13-8-5-6-14-11(7-8)16-12(18)15-9-3-1-2-4-10(9)17/h1-7,17H,(H2,14,15,16,18). The highest BCUT2D eigenvalue weighted by Gasteiger charge is 2.06. The summed E-state index contributed by atoms with van der Waals surface area (Å²) in [6.07, 6.45) is 1.48. The highest BCUT2D eigenvalue weighted by molar-refractivity contribution is 6.30. The molecule has 1 aromatic heterocycles. The number of amides is 2. The summed E-state index contributed by atoms with van der Waals surface area (Å²) in [5, 5.41) is 15.0. The van der Waals surface area contributed by atoms with Crippen LogP contribution in [-0.4, -0.2) is 16.1 Å². The third kappa shape index (κ3) is 3.11. The number of aromatic nitrogens is 1. The minimum Gasteiger partial charge on any atom is -0.506 e. The molecule has 0 aliphatic rings. The first-order valence-electron chi connectivity index (χ1n) is 5.13. The largest absolute Gasteiger partial charge is 0.506 e. The molecule has 0 atom stereocenters. The number of hydrogen-bond donors (Lipinski definition) is 3. The van der Waals surface area contributed by atoms with Gasteiger partial charge in [-0.3, -0.25) is 5.32 Å². The van der Waals surface area contributed by atoms with Gasteiger partial charge in [-0.15, -0.1) is 0 Å². The van der Waals surface area contributed by atoms with Gasteiger partial charge in [-0.1, -0.05) is 23.7 Å². The van der Waals surface area contributed by atoms with E-state index in [1.54, 1.807) is 24.3 Å². The number of nitrogens with zero attached hydrogens (tertiary/aromatic N) is 1. The molecule has 1 heterocycles. The lowest BCUT2D eigenvalue weighted by molar-refractivity contribution is 0.262. The molecule has 6 heteroatoms. The van der Waals surface area contributed by atoms with Gasteiger partial charge in [-0.25, -0.2) is 9.78 Å². The molecule has 0 fully saturated rings. The van der Waals surface area contributed by atoms with Gasteiger partial charge in [0.25, 0.3) is 0 Å². The summed E-state index contributed by atoms with van der Waals surface area (Å²) in [5.41, 5.74) is 0.317. The van der Waals surface area contributed by atoms with E-state index in [-0.39, 0.29) is 5.75 Å². The SMILES string of the molecule is O=C(Nc1cc(Cl)ccn1)Nc1ccccc1O. The second-order valence-electron chi connectivity index (χ2n) is 3.46. The predicted molar refractivity (Wildman–Crippen MR) is 70.0 cm³/mol. The molecule has 18 heavy (non-hydrogen) atoms. The summed E-state index contributed by atoms with van der Waals surface area (Å²) in [6.45, 7) is 0. The van der Waals surface area contributed by atoms with Crippen molar-refractivity contribution >= 4 is 29.1 Å². The number of aromatic hydroxyl groups is 1. The van der Waals surface area contributed by atoms with Crippen molar-refractivity contribution in [1.82, 2.24) is 4.98 Å². The number of benzene rings is 1. The maximum absolute atomic E-state index is 11.6. The highest BCUT2D eigenvalue weighted by atomic mass is 35.5. The second kappa shape index (κ2) is 5.37. The van der Waals surface area contributed by atoms with Crippen LogP contribution < -0.4 is 10.6 Å². The van der Waals surface area contributed by atoms with Gasteiger partial charge in [0.1, 0.15) is 11.6 Å². The van der Waals surface area contributed by atoms with Crippen LogP contribution in [0.3, 0.4) is 0 Å². The van der Waals surface area contributed by atoms with Crippen LogP contribution in [-0.2, 0) is 0 Å². The smallest absolute Gasteiger partial charge is 0.324 e. The maximum atomic E-state index is 11.6. The zero-order valence-electron chi connectivity index (χ0n) is 9.22. The minimum atomic E-state index is -0.508. The Labute approximate surface area is 108 Å². The van der Waals surface area contributed by atoms with E-state index in [0.717, 1.165) is 0 Å². The van der Waals surface area contributed by atoms with E-state index in [2.05, 4.69) is 15.6 Å². The van der Waals surface area contributed by atoms with Crippen molar-refractivity contribution in [3.8, 4) is 5.75 Å². The van der Waals surface area contributed by atoms with E-state index < -0.39 is 6.03 Å². The van der Waals surface area contributed by atoms with Gasteiger partial charge >= 0.3 is 6.03 Å². The molecule has 0 aliphatic carbocycles. The average molecular weight is 264 g/mol. The number of carbonyl (C=O) groups is 1. The van der Waals surface area contributed by atoms with Crippen molar-refractivity contribution in [1.29, 1.82) is 0 Å². The molecule has 2 amide bonds. The molecule has 0 bridgehead atoms. The lowest BCUT2D eigenvalue weighted by atomic mass is 10.3. The fourth-order valence-electron chi connectivity index (χ4n) is 1.32. The van der Waals surface area contributed by atoms with Crippen molar-refractivity contribution in [3.05, 3.63) is 47.6 Å². The fraction of sp³-hybridized carbons (Fsp3) is 0. The van der Waals surface area contributed by atoms with Gasteiger partial charge in [0, 0.05) is 11.2 Å². The Kier molecular flexibility index (Phi) is 3.64. The Balaban J connectivity index is 2.03. The molecule has 0 radical (unpaired) electrons. The third-order valence-electron chi connectivity index (χ3n) is 2.12. The van der Waals surface area contributed by atoms with Crippen molar-refractivity contribution in [2.24, 2.45) is 0 Å². The molecular weight excluding hydrogens is 254 g/mol. The van der Waals surface area contributed by atoms with E-state index in [4.69, 9.17) is 11.6 Å². The van der Waals surface area contributed by atoms with Crippen LogP contribution in [0.2, 0.25) is 5.02 Å². The molecule has 0 saturated heterocycles. The number of pyridine rings is 1. The van der Waals surface area contributed by atoms with Crippen LogP contribution in [0.15, 0.2) is 42.6 Å². The van der Waals surface area contributed by atoms with Gasteiger partial charge in [-0.05, 0) is 24.3 Å². The number of nitrogens with one attached hydrogen (secondary N) is 2. The number of halogens is 1. The Morgan fingerprint density at radius 1 is 1.22 bits per heavy atom. The van der Waals surface area contributed by atoms with Gasteiger partial charge in [0.2, 0.25) is 0 Å². The molecule has 0 unspecified atom stereocenters. The normalized spacial score (nSPS) is 9.83. The summed E-state index contributed by atoms with van der Waals surface area (Å²) in [6, 6.07) is 9.04. The number of phenols is 1. The van der Waals surface area contributed by atoms with E-state index in [1.807, 2.05) is 0 Å². The van der Waals surface area contributed by atoms with Gasteiger partial charge in [0.15, 0.2) is 0 Å². The Morgan fingerprint density at radius 3 is 2.72 bits per heavy atom. The molecule has 2 aromatic rings. The van der Waals surface area contributed by atoms with Crippen LogP contribution >= 0.6 is 11.6 Å². The number of para-hydroxylation sites is 2. The van der Waals surface area contributed by atoms with Gasteiger partial charge in [0.05, 0.1) is 5.69 Å². The zero-order valence-corrected chi connectivity index (χ0v) is 9.98. The van der Waals surface area contributed by atoms with E-state index in [9.17, 15) is 9.90 Å². The van der Waals surface area contributed by atoms with Gasteiger partial charge in [-0.2, -0.15) is 0 Å². The van der Waals surface area contributed by atoms with E-state index >= 15 is 0 Å². The first-order valence-corrected chi connectivity index (χ1v) is 5.50. The molecule has 92 valence electrons. The Morgan fingerprint density at radius 2 is 2.00 bits per heavy atom. The van der Waals surface area contributed by atoms with Crippen LogP contribution in [0.4, 0.5) is 16.3 Å². The molecule has 5 nitrogen and oxygen atoms in total. The molecule has 3 N–H and O–H groups in total. The summed E-state index contributed by atoms with van der Waals surface area (Å²) in [7, 11) is 0. The van der Waals surface area contributed by atoms with Crippen LogP contribution in [0.5, 0.6) is 5.75 Å². The van der Waals surface area contributed by atoms with Crippen molar-refractivity contribution in [2.75, 3.05) is 10.6 Å². The number of anilines is 2. The highest BCUT2D eigenvalue weighted by Crippen LogP contribution is 2.21. The Bertz CT molecular complexity index is 575. The lowest BCUT2D eigenvalue weighted by Gasteiger charge is -2.08. The number of phenolic OH excluding ortho intramolecular Hbond substituents is 1. The Hall–Kier alpha value is -2.27. The second-order valence-corrected chi connectivity index (χ2v) is 3.89. The first kappa shape index (κ1) is 12.2. The number of rotatable bonds is 2. The minimum absolute atomic E-state index is 0.00768. The number of carbonyl (C=O) groups excluding carboxylic acids is 1. The molecular formula is C12H10ClN3O2. The summed E-state index contributed by atoms with van der Waals surface area (Å²) in [5.74, 6) is 0.321. The number of hydrogen-bond acceptors (Lipinski definition) is 3. The topological polar surface area (TPSA) is 74.2 Å². The third-order valence-corrected chi connectivity index (χ3v) is 2.35. The first-order chi connectivity index (χ1) is 8.65. The van der Waals surface area contributed by atoms with Crippen molar-refractivity contribution in [3.63, 3.8) is 0 Å². The van der Waals surface area contributed by atoms with E-state index in [1.165, 1.54) is 18.3 Å². The zero-order chi connectivity index (χ0) is 13.0. The summed E-state index contributed by atoms with van der Waals surface area (Å²) in [4.78, 5) is 15.6.